The van der Waals surface area contributed by atoms with Crippen LogP contribution in [-0.4, -0.2) is 43.1 Å². The van der Waals surface area contributed by atoms with E-state index in [9.17, 15) is 0 Å². The number of morpholine rings is 1. The third-order valence-corrected chi connectivity index (χ3v) is 2.41. The molecular formula is C8H16ClNO. The van der Waals surface area contributed by atoms with Crippen LogP contribution in [0, 0.1) is 0 Å². The standard InChI is InChI=1S/C8H16ClNO/c1-8(2-3-9)10-4-6-11-7-5-10/h8H,2-7H2,1H3. The summed E-state index contributed by atoms with van der Waals surface area (Å²) in [7, 11) is 0. The molecule has 1 fully saturated rings. The molecule has 0 aromatic carbocycles. The van der Waals surface area contributed by atoms with Crippen molar-refractivity contribution in [2.45, 2.75) is 19.4 Å². The maximum Gasteiger partial charge on any atom is 0.0594 e. The number of rotatable bonds is 3. The molecular weight excluding hydrogens is 162 g/mol. The summed E-state index contributed by atoms with van der Waals surface area (Å²) in [4.78, 5) is 2.44. The summed E-state index contributed by atoms with van der Waals surface area (Å²) in [6.45, 7) is 6.13. The highest BCUT2D eigenvalue weighted by Gasteiger charge is 2.15. The lowest BCUT2D eigenvalue weighted by atomic mass is 10.2. The molecule has 1 rings (SSSR count). The first-order valence-corrected chi connectivity index (χ1v) is 4.76. The molecule has 1 atom stereocenters. The lowest BCUT2D eigenvalue weighted by molar-refractivity contribution is 0.0197. The Balaban J connectivity index is 2.21. The molecule has 1 saturated heterocycles. The van der Waals surface area contributed by atoms with Gasteiger partial charge in [0.2, 0.25) is 0 Å². The smallest absolute Gasteiger partial charge is 0.0594 e. The number of hydrogen-bond donors (Lipinski definition) is 0. The number of nitrogens with zero attached hydrogens (tertiary/aromatic N) is 1. The number of halogens is 1. The van der Waals surface area contributed by atoms with Gasteiger partial charge in [-0.2, -0.15) is 0 Å². The van der Waals surface area contributed by atoms with Gasteiger partial charge in [-0.25, -0.2) is 0 Å². The Morgan fingerprint density at radius 2 is 2.09 bits per heavy atom. The summed E-state index contributed by atoms with van der Waals surface area (Å²) < 4.78 is 5.25. The molecule has 0 N–H and O–H groups in total. The van der Waals surface area contributed by atoms with Crippen molar-refractivity contribution in [1.29, 1.82) is 0 Å². The molecule has 3 heteroatoms. The minimum atomic E-state index is 0.622. The first kappa shape index (κ1) is 9.30. The quantitative estimate of drug-likeness (QED) is 0.604. The summed E-state index contributed by atoms with van der Waals surface area (Å²) >= 11 is 5.66. The molecule has 1 aliphatic rings. The average Bonchev–Trinajstić information content (AvgIpc) is 2.07. The number of alkyl halides is 1. The van der Waals surface area contributed by atoms with Gasteiger partial charge >= 0.3 is 0 Å². The van der Waals surface area contributed by atoms with Crippen LogP contribution >= 0.6 is 11.6 Å². The molecule has 1 heterocycles. The zero-order chi connectivity index (χ0) is 8.10. The highest BCUT2D eigenvalue weighted by Crippen LogP contribution is 2.07. The Labute approximate surface area is 73.5 Å². The van der Waals surface area contributed by atoms with E-state index >= 15 is 0 Å². The second-order valence-corrected chi connectivity index (χ2v) is 3.35. The maximum absolute atomic E-state index is 5.66. The highest BCUT2D eigenvalue weighted by atomic mass is 35.5. The van der Waals surface area contributed by atoms with Crippen LogP contribution in [0.15, 0.2) is 0 Å². The van der Waals surface area contributed by atoms with Crippen molar-refractivity contribution < 1.29 is 4.74 Å². The molecule has 0 bridgehead atoms. The molecule has 0 aliphatic carbocycles. The van der Waals surface area contributed by atoms with Crippen LogP contribution < -0.4 is 0 Å². The van der Waals surface area contributed by atoms with Gasteiger partial charge in [0.15, 0.2) is 0 Å². The second-order valence-electron chi connectivity index (χ2n) is 2.98. The highest BCUT2D eigenvalue weighted by molar-refractivity contribution is 6.17. The van der Waals surface area contributed by atoms with Crippen molar-refractivity contribution in [3.05, 3.63) is 0 Å². The molecule has 0 aromatic heterocycles. The third-order valence-electron chi connectivity index (χ3n) is 2.20. The first-order chi connectivity index (χ1) is 5.34. The van der Waals surface area contributed by atoms with Crippen LogP contribution in [0.4, 0.5) is 0 Å². The summed E-state index contributed by atoms with van der Waals surface area (Å²) in [5.41, 5.74) is 0. The van der Waals surface area contributed by atoms with Crippen LogP contribution in [0.3, 0.4) is 0 Å². The van der Waals surface area contributed by atoms with Crippen molar-refractivity contribution >= 4 is 11.6 Å². The molecule has 1 aliphatic heterocycles. The lowest BCUT2D eigenvalue weighted by Crippen LogP contribution is -2.42. The lowest BCUT2D eigenvalue weighted by Gasteiger charge is -2.31. The van der Waals surface area contributed by atoms with Gasteiger partial charge in [0, 0.05) is 25.0 Å². The van der Waals surface area contributed by atoms with Crippen molar-refractivity contribution in [3.8, 4) is 0 Å². The second kappa shape index (κ2) is 4.96. The Bertz CT molecular complexity index is 104. The van der Waals surface area contributed by atoms with Gasteiger partial charge in [0.05, 0.1) is 13.2 Å². The van der Waals surface area contributed by atoms with Gasteiger partial charge in [0.25, 0.3) is 0 Å². The Morgan fingerprint density at radius 1 is 1.45 bits per heavy atom. The SMILES string of the molecule is CC(CCCl)N1CCOCC1. The molecule has 0 aromatic rings. The van der Waals surface area contributed by atoms with E-state index in [4.69, 9.17) is 16.3 Å². The number of hydrogen-bond acceptors (Lipinski definition) is 2. The zero-order valence-corrected chi connectivity index (χ0v) is 7.81. The van der Waals surface area contributed by atoms with Gasteiger partial charge in [-0.05, 0) is 13.3 Å². The van der Waals surface area contributed by atoms with E-state index in [0.717, 1.165) is 38.6 Å². The Hall–Kier alpha value is 0.210. The summed E-state index contributed by atoms with van der Waals surface area (Å²) in [5, 5.41) is 0. The average molecular weight is 178 g/mol. The largest absolute Gasteiger partial charge is 0.379 e. The summed E-state index contributed by atoms with van der Waals surface area (Å²) in [6, 6.07) is 0.622. The van der Waals surface area contributed by atoms with E-state index in [-0.39, 0.29) is 0 Å². The van der Waals surface area contributed by atoms with Gasteiger partial charge in [-0.3, -0.25) is 4.90 Å². The summed E-state index contributed by atoms with van der Waals surface area (Å²) in [6.07, 6.45) is 1.08. The van der Waals surface area contributed by atoms with E-state index in [1.165, 1.54) is 0 Å². The van der Waals surface area contributed by atoms with Crippen LogP contribution in [0.1, 0.15) is 13.3 Å². The van der Waals surface area contributed by atoms with Crippen LogP contribution in [-0.2, 0) is 4.74 Å². The molecule has 0 saturated carbocycles. The maximum atomic E-state index is 5.66. The predicted molar refractivity (Wildman–Crippen MR) is 47.2 cm³/mol. The van der Waals surface area contributed by atoms with E-state index in [1.807, 2.05) is 0 Å². The van der Waals surface area contributed by atoms with Gasteiger partial charge < -0.3 is 4.74 Å². The minimum Gasteiger partial charge on any atom is -0.379 e. The van der Waals surface area contributed by atoms with E-state index in [1.54, 1.807) is 0 Å². The van der Waals surface area contributed by atoms with Crippen molar-refractivity contribution in [1.82, 2.24) is 4.90 Å². The molecule has 66 valence electrons. The van der Waals surface area contributed by atoms with Crippen LogP contribution in [0.5, 0.6) is 0 Å². The van der Waals surface area contributed by atoms with E-state index in [2.05, 4.69) is 11.8 Å². The van der Waals surface area contributed by atoms with Gasteiger partial charge in [0.1, 0.15) is 0 Å². The molecule has 1 unspecified atom stereocenters. The summed E-state index contributed by atoms with van der Waals surface area (Å²) in [5.74, 6) is 0.762. The Morgan fingerprint density at radius 3 is 2.64 bits per heavy atom. The van der Waals surface area contributed by atoms with Gasteiger partial charge in [-0.1, -0.05) is 0 Å². The molecule has 0 amide bonds. The van der Waals surface area contributed by atoms with Crippen LogP contribution in [0.25, 0.3) is 0 Å². The van der Waals surface area contributed by atoms with Crippen molar-refractivity contribution in [3.63, 3.8) is 0 Å². The predicted octanol–water partition coefficient (Wildman–Crippen LogP) is 1.34. The Kier molecular flexibility index (Phi) is 4.20. The van der Waals surface area contributed by atoms with Gasteiger partial charge in [-0.15, -0.1) is 11.6 Å². The molecule has 0 spiro atoms. The van der Waals surface area contributed by atoms with E-state index < -0.39 is 0 Å². The monoisotopic (exact) mass is 177 g/mol. The van der Waals surface area contributed by atoms with Crippen molar-refractivity contribution in [2.75, 3.05) is 32.2 Å². The fourth-order valence-electron chi connectivity index (χ4n) is 1.36. The van der Waals surface area contributed by atoms with E-state index in [0.29, 0.717) is 6.04 Å². The van der Waals surface area contributed by atoms with Crippen LogP contribution in [0.2, 0.25) is 0 Å². The number of ether oxygens (including phenoxy) is 1. The third kappa shape index (κ3) is 2.97. The molecule has 11 heavy (non-hydrogen) atoms. The first-order valence-electron chi connectivity index (χ1n) is 4.22. The minimum absolute atomic E-state index is 0.622. The fourth-order valence-corrected chi connectivity index (χ4v) is 1.67. The molecule has 0 radical (unpaired) electrons. The topological polar surface area (TPSA) is 12.5 Å². The van der Waals surface area contributed by atoms with Crippen molar-refractivity contribution in [2.24, 2.45) is 0 Å². The zero-order valence-electron chi connectivity index (χ0n) is 7.05. The molecule has 2 nitrogen and oxygen atoms in total. The normalized spacial score (nSPS) is 23.5. The fraction of sp³-hybridized carbons (Fsp3) is 1.00.